The molecular formula is C11H20N4O3Si. The first-order chi connectivity index (χ1) is 8.79. The van der Waals surface area contributed by atoms with Gasteiger partial charge >= 0.3 is 0 Å². The average molecular weight is 284 g/mol. The van der Waals surface area contributed by atoms with Gasteiger partial charge < -0.3 is 4.74 Å². The highest BCUT2D eigenvalue weighted by atomic mass is 28.3. The molecule has 0 atom stereocenters. The molecule has 0 aliphatic rings. The highest BCUT2D eigenvalue weighted by Gasteiger charge is 2.15. The second-order valence-corrected chi connectivity index (χ2v) is 11.1. The summed E-state index contributed by atoms with van der Waals surface area (Å²) in [5.74, 6) is 5.09. The van der Waals surface area contributed by atoms with Crippen LogP contribution >= 0.6 is 0 Å². The van der Waals surface area contributed by atoms with Crippen molar-refractivity contribution in [2.75, 3.05) is 13.3 Å². The van der Waals surface area contributed by atoms with Crippen LogP contribution in [0.4, 0.5) is 0 Å². The fourth-order valence-electron chi connectivity index (χ4n) is 1.26. The third kappa shape index (κ3) is 5.77. The molecule has 0 saturated carbocycles. The Morgan fingerprint density at radius 2 is 2.21 bits per heavy atom. The molecule has 0 saturated heterocycles. The summed E-state index contributed by atoms with van der Waals surface area (Å²) in [4.78, 5) is 22.9. The Morgan fingerprint density at radius 1 is 1.53 bits per heavy atom. The highest BCUT2D eigenvalue weighted by molar-refractivity contribution is 6.76. The van der Waals surface area contributed by atoms with E-state index in [1.807, 2.05) is 0 Å². The first-order valence-electron chi connectivity index (χ1n) is 5.99. The lowest BCUT2D eigenvalue weighted by Gasteiger charge is -2.19. The van der Waals surface area contributed by atoms with E-state index in [9.17, 15) is 9.59 Å². The van der Waals surface area contributed by atoms with E-state index < -0.39 is 19.5 Å². The van der Waals surface area contributed by atoms with Crippen LogP contribution in [0.15, 0.2) is 17.1 Å². The Morgan fingerprint density at radius 3 is 2.79 bits per heavy atom. The SMILES string of the molecule is C[Si](C)(C)CCOCN(N)C(=O)c1cn[nH]c(=O)c1. The molecule has 0 aromatic carbocycles. The molecule has 1 heterocycles. The van der Waals surface area contributed by atoms with Crippen molar-refractivity contribution >= 4 is 14.0 Å². The van der Waals surface area contributed by atoms with Crippen LogP contribution in [0.25, 0.3) is 0 Å². The molecule has 7 nitrogen and oxygen atoms in total. The van der Waals surface area contributed by atoms with Gasteiger partial charge in [-0.1, -0.05) is 19.6 Å². The van der Waals surface area contributed by atoms with E-state index in [2.05, 4.69) is 29.8 Å². The standard InChI is InChI=1S/C11H20N4O3Si/c1-19(2,3)5-4-18-8-15(12)11(17)9-6-10(16)14-13-7-9/h6-7H,4-5,8,12H2,1-3H3,(H,14,16). The predicted molar refractivity (Wildman–Crippen MR) is 74.2 cm³/mol. The number of H-pyrrole nitrogens is 1. The summed E-state index contributed by atoms with van der Waals surface area (Å²) in [5, 5.41) is 6.66. The molecule has 19 heavy (non-hydrogen) atoms. The number of carbonyl (C=O) groups excluding carboxylic acids is 1. The second kappa shape index (κ2) is 6.59. The molecule has 0 unspecified atom stereocenters. The quantitative estimate of drug-likeness (QED) is 0.197. The largest absolute Gasteiger partial charge is 0.360 e. The fourth-order valence-corrected chi connectivity index (χ4v) is 2.02. The topological polar surface area (TPSA) is 101 Å². The van der Waals surface area contributed by atoms with Crippen molar-refractivity contribution in [2.45, 2.75) is 25.7 Å². The fraction of sp³-hybridized carbons (Fsp3) is 0.545. The number of nitrogens with two attached hydrogens (primary N) is 1. The first-order valence-corrected chi connectivity index (χ1v) is 9.69. The van der Waals surface area contributed by atoms with Crippen LogP contribution < -0.4 is 11.4 Å². The van der Waals surface area contributed by atoms with Crippen LogP contribution in [-0.2, 0) is 4.74 Å². The van der Waals surface area contributed by atoms with Gasteiger partial charge in [-0.05, 0) is 6.04 Å². The summed E-state index contributed by atoms with van der Waals surface area (Å²) in [7, 11) is -1.15. The summed E-state index contributed by atoms with van der Waals surface area (Å²) in [6.45, 7) is 7.29. The Kier molecular flexibility index (Phi) is 5.40. The Labute approximate surface area is 112 Å². The number of aromatic nitrogens is 2. The van der Waals surface area contributed by atoms with Crippen molar-refractivity contribution in [2.24, 2.45) is 5.84 Å². The Hall–Kier alpha value is -1.51. The molecule has 0 bridgehead atoms. The molecule has 0 aliphatic carbocycles. The van der Waals surface area contributed by atoms with E-state index in [1.54, 1.807) is 0 Å². The molecule has 1 aromatic rings. The normalized spacial score (nSPS) is 11.4. The smallest absolute Gasteiger partial charge is 0.271 e. The van der Waals surface area contributed by atoms with Crippen molar-refractivity contribution < 1.29 is 9.53 Å². The summed E-state index contributed by atoms with van der Waals surface area (Å²) < 4.78 is 5.35. The predicted octanol–water partition coefficient (Wildman–Crippen LogP) is 0.398. The lowest BCUT2D eigenvalue weighted by Crippen LogP contribution is -2.40. The maximum Gasteiger partial charge on any atom is 0.271 e. The monoisotopic (exact) mass is 284 g/mol. The van der Waals surface area contributed by atoms with Gasteiger partial charge in [0, 0.05) is 20.7 Å². The van der Waals surface area contributed by atoms with Gasteiger partial charge in [0.1, 0.15) is 6.73 Å². The zero-order valence-electron chi connectivity index (χ0n) is 11.5. The maximum absolute atomic E-state index is 11.8. The van der Waals surface area contributed by atoms with E-state index in [4.69, 9.17) is 10.6 Å². The van der Waals surface area contributed by atoms with Crippen molar-refractivity contribution in [1.29, 1.82) is 0 Å². The lowest BCUT2D eigenvalue weighted by molar-refractivity contribution is 0.0277. The lowest BCUT2D eigenvalue weighted by atomic mass is 10.3. The Bertz CT molecular complexity index is 483. The maximum atomic E-state index is 11.8. The van der Waals surface area contributed by atoms with Crippen LogP contribution in [0.5, 0.6) is 0 Å². The van der Waals surface area contributed by atoms with Gasteiger partial charge in [0.05, 0.1) is 11.8 Å². The minimum atomic E-state index is -1.15. The number of carbonyl (C=O) groups is 1. The van der Waals surface area contributed by atoms with Crippen LogP contribution in [0.3, 0.4) is 0 Å². The summed E-state index contributed by atoms with van der Waals surface area (Å²) in [6.07, 6.45) is 1.26. The molecule has 0 fully saturated rings. The average Bonchev–Trinajstić information content (AvgIpc) is 2.32. The van der Waals surface area contributed by atoms with Crippen molar-refractivity contribution in [3.05, 3.63) is 28.2 Å². The minimum Gasteiger partial charge on any atom is -0.360 e. The van der Waals surface area contributed by atoms with Crippen LogP contribution in [0.1, 0.15) is 10.4 Å². The molecule has 8 heteroatoms. The number of amides is 1. The molecule has 106 valence electrons. The molecule has 3 N–H and O–H groups in total. The number of aromatic amines is 1. The van der Waals surface area contributed by atoms with E-state index >= 15 is 0 Å². The molecule has 0 radical (unpaired) electrons. The molecule has 0 aliphatic heterocycles. The van der Waals surface area contributed by atoms with Gasteiger partial charge in [-0.2, -0.15) is 5.10 Å². The summed E-state index contributed by atoms with van der Waals surface area (Å²) in [5.41, 5.74) is -0.307. The number of hydrogen-bond acceptors (Lipinski definition) is 5. The zero-order valence-corrected chi connectivity index (χ0v) is 12.5. The van der Waals surface area contributed by atoms with Crippen molar-refractivity contribution in [1.82, 2.24) is 15.2 Å². The van der Waals surface area contributed by atoms with Gasteiger partial charge in [-0.3, -0.25) is 14.6 Å². The minimum absolute atomic E-state index is 0.00386. The van der Waals surface area contributed by atoms with Crippen molar-refractivity contribution in [3.8, 4) is 0 Å². The first kappa shape index (κ1) is 15.5. The molecule has 1 aromatic heterocycles. The van der Waals surface area contributed by atoms with Crippen LogP contribution in [0, 0.1) is 0 Å². The summed E-state index contributed by atoms with van der Waals surface area (Å²) in [6, 6.07) is 2.15. The van der Waals surface area contributed by atoms with Gasteiger partial charge in [0.2, 0.25) is 0 Å². The van der Waals surface area contributed by atoms with Gasteiger partial charge in [0.25, 0.3) is 11.5 Å². The van der Waals surface area contributed by atoms with Crippen LogP contribution in [-0.4, -0.2) is 42.5 Å². The molecule has 1 rings (SSSR count). The van der Waals surface area contributed by atoms with E-state index in [0.717, 1.165) is 17.1 Å². The van der Waals surface area contributed by atoms with Gasteiger partial charge in [0.15, 0.2) is 0 Å². The third-order valence-corrected chi connectivity index (χ3v) is 4.10. The molecule has 0 spiro atoms. The highest BCUT2D eigenvalue weighted by Crippen LogP contribution is 2.07. The number of rotatable bonds is 6. The van der Waals surface area contributed by atoms with Crippen LogP contribution in [0.2, 0.25) is 25.7 Å². The third-order valence-electron chi connectivity index (χ3n) is 2.40. The second-order valence-electron chi connectivity index (χ2n) is 5.46. The Balaban J connectivity index is 2.43. The summed E-state index contributed by atoms with van der Waals surface area (Å²) >= 11 is 0. The van der Waals surface area contributed by atoms with Gasteiger partial charge in [-0.15, -0.1) is 0 Å². The number of ether oxygens (including phenoxy) is 1. The molecular weight excluding hydrogens is 264 g/mol. The van der Waals surface area contributed by atoms with E-state index in [1.165, 1.54) is 6.20 Å². The van der Waals surface area contributed by atoms with E-state index in [0.29, 0.717) is 6.61 Å². The van der Waals surface area contributed by atoms with Crippen molar-refractivity contribution in [3.63, 3.8) is 0 Å². The molecule has 1 amide bonds. The van der Waals surface area contributed by atoms with Gasteiger partial charge in [-0.25, -0.2) is 10.9 Å². The number of nitrogens with one attached hydrogen (secondary N) is 1. The van der Waals surface area contributed by atoms with E-state index in [-0.39, 0.29) is 12.3 Å². The number of hydrazine groups is 1. The zero-order chi connectivity index (χ0) is 14.5. The number of nitrogens with zero attached hydrogens (tertiary/aromatic N) is 2. The number of hydrogen-bond donors (Lipinski definition) is 2.